The number of hydrogen-bond donors (Lipinski definition) is 0. The predicted molar refractivity (Wildman–Crippen MR) is 95.0 cm³/mol. The van der Waals surface area contributed by atoms with E-state index in [4.69, 9.17) is 16.0 Å². The fourth-order valence-corrected chi connectivity index (χ4v) is 3.63. The van der Waals surface area contributed by atoms with Crippen molar-refractivity contribution < 1.29 is 14.1 Å². The number of amides is 1. The van der Waals surface area contributed by atoms with Crippen LogP contribution in [0.15, 0.2) is 46.3 Å². The number of aromatic nitrogens is 1. The number of rotatable bonds is 4. The monoisotopic (exact) mass is 377 g/mol. The van der Waals surface area contributed by atoms with Crippen LogP contribution in [0, 0.1) is 17.0 Å². The number of thiazole rings is 1. The van der Waals surface area contributed by atoms with E-state index in [1.807, 2.05) is 17.6 Å². The van der Waals surface area contributed by atoms with E-state index in [0.29, 0.717) is 16.4 Å². The largest absolute Gasteiger partial charge is 0.433 e. The Hall–Kier alpha value is -2.71. The molecule has 0 aliphatic rings. The smallest absolute Gasteiger partial charge is 0.395 e. The van der Waals surface area contributed by atoms with Crippen molar-refractivity contribution in [3.8, 4) is 0 Å². The van der Waals surface area contributed by atoms with Crippen molar-refractivity contribution >= 4 is 44.9 Å². The molecule has 0 bridgehead atoms. The van der Waals surface area contributed by atoms with Gasteiger partial charge in [0.05, 0.1) is 16.3 Å². The summed E-state index contributed by atoms with van der Waals surface area (Å²) in [4.78, 5) is 26.7. The first-order valence-corrected chi connectivity index (χ1v) is 8.34. The second-order valence-corrected chi connectivity index (χ2v) is 6.53. The number of allylic oxidation sites excluding steroid dienone is 1. The number of nitrogens with zero attached hydrogens (tertiary/aromatic N) is 3. The van der Waals surface area contributed by atoms with Gasteiger partial charge >= 0.3 is 11.8 Å². The van der Waals surface area contributed by atoms with Gasteiger partial charge in [-0.3, -0.25) is 14.9 Å². The van der Waals surface area contributed by atoms with Crippen LogP contribution in [-0.2, 0) is 6.54 Å². The molecule has 3 rings (SSSR count). The van der Waals surface area contributed by atoms with Crippen molar-refractivity contribution in [3.63, 3.8) is 0 Å². The first kappa shape index (κ1) is 17.1. The third-order valence-corrected chi connectivity index (χ3v) is 4.97. The van der Waals surface area contributed by atoms with Gasteiger partial charge in [0.2, 0.25) is 5.76 Å². The molecule has 0 aliphatic carbocycles. The van der Waals surface area contributed by atoms with Crippen molar-refractivity contribution in [1.82, 2.24) is 4.57 Å². The summed E-state index contributed by atoms with van der Waals surface area (Å²) in [6, 6.07) is 6.00. The van der Waals surface area contributed by atoms with Gasteiger partial charge in [-0.15, -0.1) is 6.58 Å². The lowest BCUT2D eigenvalue weighted by Gasteiger charge is -2.05. The van der Waals surface area contributed by atoms with Crippen LogP contribution in [-0.4, -0.2) is 15.4 Å². The van der Waals surface area contributed by atoms with Gasteiger partial charge in [-0.05, 0) is 30.7 Å². The van der Waals surface area contributed by atoms with Crippen molar-refractivity contribution in [1.29, 1.82) is 0 Å². The average Bonchev–Trinajstić information content (AvgIpc) is 3.18. The summed E-state index contributed by atoms with van der Waals surface area (Å²) in [5, 5.41) is 11.3. The molecule has 2 aromatic heterocycles. The molecule has 0 saturated heterocycles. The molecule has 128 valence electrons. The predicted octanol–water partition coefficient (Wildman–Crippen LogP) is 4.09. The zero-order valence-electron chi connectivity index (χ0n) is 13.1. The minimum atomic E-state index is -0.709. The highest BCUT2D eigenvalue weighted by atomic mass is 35.5. The van der Waals surface area contributed by atoms with Crippen LogP contribution in [0.1, 0.15) is 16.1 Å². The molecule has 0 radical (unpaired) electrons. The van der Waals surface area contributed by atoms with Gasteiger partial charge in [0.1, 0.15) is 4.92 Å². The highest BCUT2D eigenvalue weighted by molar-refractivity contribution is 7.16. The topological polar surface area (TPSA) is 90.6 Å². The number of benzene rings is 1. The molecule has 7 nitrogen and oxygen atoms in total. The van der Waals surface area contributed by atoms with Gasteiger partial charge in [0.15, 0.2) is 4.80 Å². The molecule has 0 aliphatic heterocycles. The number of carbonyl (C=O) groups excluding carboxylic acids is 1. The molecule has 1 aromatic carbocycles. The van der Waals surface area contributed by atoms with E-state index in [1.54, 1.807) is 12.1 Å². The van der Waals surface area contributed by atoms with E-state index in [-0.39, 0.29) is 5.76 Å². The molecule has 0 unspecified atom stereocenters. The van der Waals surface area contributed by atoms with Crippen molar-refractivity contribution in [2.45, 2.75) is 13.5 Å². The van der Waals surface area contributed by atoms with E-state index in [2.05, 4.69) is 11.6 Å². The molecular formula is C16H12ClN3O4S. The fourth-order valence-electron chi connectivity index (χ4n) is 2.38. The number of hydrogen-bond acceptors (Lipinski definition) is 5. The summed E-state index contributed by atoms with van der Waals surface area (Å²) in [5.74, 6) is -1.39. The summed E-state index contributed by atoms with van der Waals surface area (Å²) in [5.41, 5.74) is 1.74. The number of furan rings is 1. The fraction of sp³-hybridized carbons (Fsp3) is 0.125. The lowest BCUT2D eigenvalue weighted by atomic mass is 10.2. The number of fused-ring (bicyclic) bond motifs is 1. The Balaban J connectivity index is 2.16. The molecule has 0 fully saturated rings. The summed E-state index contributed by atoms with van der Waals surface area (Å²) in [6.45, 7) is 6.05. The highest BCUT2D eigenvalue weighted by Gasteiger charge is 2.18. The maximum absolute atomic E-state index is 12.3. The lowest BCUT2D eigenvalue weighted by Crippen LogP contribution is -2.16. The van der Waals surface area contributed by atoms with Gasteiger partial charge in [-0.2, -0.15) is 4.99 Å². The van der Waals surface area contributed by atoms with Gasteiger partial charge in [-0.25, -0.2) is 0 Å². The minimum absolute atomic E-state index is 0.191. The SMILES string of the molecule is C=CCn1c(=NC(=O)c2ccc([N+](=O)[O-])o2)sc2ccc(Cl)c(C)c21. The Kier molecular flexibility index (Phi) is 4.56. The molecule has 3 aromatic rings. The molecule has 0 saturated carbocycles. The van der Waals surface area contributed by atoms with E-state index in [0.717, 1.165) is 21.8 Å². The molecule has 2 heterocycles. The van der Waals surface area contributed by atoms with E-state index < -0.39 is 16.7 Å². The molecule has 0 spiro atoms. The van der Waals surface area contributed by atoms with Gasteiger partial charge in [0.25, 0.3) is 0 Å². The zero-order chi connectivity index (χ0) is 18.1. The van der Waals surface area contributed by atoms with Crippen LogP contribution in [0.5, 0.6) is 0 Å². The van der Waals surface area contributed by atoms with Crippen molar-refractivity contribution in [2.75, 3.05) is 0 Å². The van der Waals surface area contributed by atoms with Crippen LogP contribution < -0.4 is 4.80 Å². The number of aryl methyl sites for hydroxylation is 1. The number of carbonyl (C=O) groups is 1. The van der Waals surface area contributed by atoms with E-state index >= 15 is 0 Å². The lowest BCUT2D eigenvalue weighted by molar-refractivity contribution is -0.402. The second kappa shape index (κ2) is 6.66. The van der Waals surface area contributed by atoms with Crippen LogP contribution >= 0.6 is 22.9 Å². The summed E-state index contributed by atoms with van der Waals surface area (Å²) < 4.78 is 7.65. The Bertz CT molecular complexity index is 1080. The first-order chi connectivity index (χ1) is 11.9. The number of halogens is 1. The van der Waals surface area contributed by atoms with Crippen LogP contribution in [0.4, 0.5) is 5.88 Å². The molecule has 25 heavy (non-hydrogen) atoms. The van der Waals surface area contributed by atoms with E-state index in [1.165, 1.54) is 17.4 Å². The maximum atomic E-state index is 12.3. The van der Waals surface area contributed by atoms with Crippen LogP contribution in [0.25, 0.3) is 10.2 Å². The Morgan fingerprint density at radius 2 is 2.24 bits per heavy atom. The Morgan fingerprint density at radius 3 is 2.88 bits per heavy atom. The first-order valence-electron chi connectivity index (χ1n) is 7.15. The summed E-state index contributed by atoms with van der Waals surface area (Å²) in [7, 11) is 0. The van der Waals surface area contributed by atoms with Gasteiger partial charge in [-0.1, -0.05) is 29.0 Å². The Morgan fingerprint density at radius 1 is 1.48 bits per heavy atom. The second-order valence-electron chi connectivity index (χ2n) is 5.11. The average molecular weight is 378 g/mol. The highest BCUT2D eigenvalue weighted by Crippen LogP contribution is 2.27. The molecule has 9 heteroatoms. The quantitative estimate of drug-likeness (QED) is 0.389. The van der Waals surface area contributed by atoms with Crippen LogP contribution in [0.3, 0.4) is 0 Å². The van der Waals surface area contributed by atoms with Gasteiger partial charge < -0.3 is 8.98 Å². The summed E-state index contributed by atoms with van der Waals surface area (Å²) in [6.07, 6.45) is 1.69. The van der Waals surface area contributed by atoms with Crippen LogP contribution in [0.2, 0.25) is 5.02 Å². The molecule has 0 N–H and O–H groups in total. The normalized spacial score (nSPS) is 11.8. The third kappa shape index (κ3) is 3.13. The third-order valence-electron chi connectivity index (χ3n) is 3.52. The van der Waals surface area contributed by atoms with E-state index in [9.17, 15) is 14.9 Å². The van der Waals surface area contributed by atoms with Crippen molar-refractivity contribution in [2.24, 2.45) is 4.99 Å². The molecular weight excluding hydrogens is 366 g/mol. The zero-order valence-corrected chi connectivity index (χ0v) is 14.6. The minimum Gasteiger partial charge on any atom is -0.395 e. The number of nitro groups is 1. The standard InChI is InChI=1S/C16H12ClN3O4S/c1-3-8-19-14-9(2)10(17)4-6-12(14)25-16(19)18-15(21)11-5-7-13(24-11)20(22)23/h3-7H,1,8H2,2H3. The molecule has 1 amide bonds. The molecule has 0 atom stereocenters. The maximum Gasteiger partial charge on any atom is 0.433 e. The summed E-state index contributed by atoms with van der Waals surface area (Å²) >= 11 is 7.51. The van der Waals surface area contributed by atoms with Gasteiger partial charge in [0, 0.05) is 11.6 Å². The Labute approximate surface area is 150 Å². The van der Waals surface area contributed by atoms with Crippen molar-refractivity contribution in [3.05, 3.63) is 68.2 Å².